The van der Waals surface area contributed by atoms with Crippen LogP contribution in [0.15, 0.2) is 78.9 Å². The molecule has 0 spiro atoms. The number of aryl methyl sites for hydroxylation is 1. The lowest BCUT2D eigenvalue weighted by molar-refractivity contribution is -0.121. The van der Waals surface area contributed by atoms with Gasteiger partial charge in [-0.05, 0) is 42.3 Å². The number of carbonyl (C=O) groups is 2. The van der Waals surface area contributed by atoms with Crippen LogP contribution in [0.3, 0.4) is 0 Å². The van der Waals surface area contributed by atoms with Gasteiger partial charge in [-0.25, -0.2) is 0 Å². The Morgan fingerprint density at radius 2 is 1.76 bits per heavy atom. The zero-order valence-corrected chi connectivity index (χ0v) is 18.8. The summed E-state index contributed by atoms with van der Waals surface area (Å²) in [5, 5.41) is 5.80. The Morgan fingerprint density at radius 1 is 0.970 bits per heavy atom. The molecule has 0 saturated carbocycles. The highest BCUT2D eigenvalue weighted by Gasteiger charge is 2.23. The Labute approximate surface area is 194 Å². The average molecular weight is 444 g/mol. The number of ether oxygens (including phenoxy) is 1. The Bertz CT molecular complexity index is 1100. The molecule has 1 fully saturated rings. The predicted molar refractivity (Wildman–Crippen MR) is 130 cm³/mol. The molecule has 1 aliphatic heterocycles. The van der Waals surface area contributed by atoms with E-state index in [-0.39, 0.29) is 24.3 Å². The molecule has 0 aliphatic carbocycles. The Kier molecular flexibility index (Phi) is 7.50. The second kappa shape index (κ2) is 10.9. The lowest BCUT2D eigenvalue weighted by atomic mass is 10.1. The van der Waals surface area contributed by atoms with Crippen LogP contribution in [-0.2, 0) is 16.1 Å². The van der Waals surface area contributed by atoms with E-state index >= 15 is 0 Å². The molecule has 3 aromatic carbocycles. The van der Waals surface area contributed by atoms with Gasteiger partial charge in [-0.3, -0.25) is 14.5 Å². The number of nitrogens with zero attached hydrogens (tertiary/aromatic N) is 1. The first kappa shape index (κ1) is 22.7. The van der Waals surface area contributed by atoms with E-state index < -0.39 is 0 Å². The van der Waals surface area contributed by atoms with Crippen molar-refractivity contribution in [2.24, 2.45) is 0 Å². The minimum absolute atomic E-state index is 0.169. The molecule has 4 rings (SSSR count). The summed E-state index contributed by atoms with van der Waals surface area (Å²) >= 11 is 0. The fourth-order valence-electron chi connectivity index (χ4n) is 4.01. The van der Waals surface area contributed by atoms with Crippen molar-refractivity contribution in [2.45, 2.75) is 26.0 Å². The molecule has 1 aliphatic rings. The van der Waals surface area contributed by atoms with Gasteiger partial charge in [-0.1, -0.05) is 54.6 Å². The van der Waals surface area contributed by atoms with Crippen LogP contribution < -0.4 is 10.6 Å². The van der Waals surface area contributed by atoms with Crippen LogP contribution in [0.4, 0.5) is 11.4 Å². The van der Waals surface area contributed by atoms with Gasteiger partial charge >= 0.3 is 0 Å². The Morgan fingerprint density at radius 3 is 2.58 bits per heavy atom. The molecule has 170 valence electrons. The van der Waals surface area contributed by atoms with Crippen LogP contribution in [0, 0.1) is 6.92 Å². The molecule has 6 nitrogen and oxygen atoms in total. The fraction of sp³-hybridized carbons (Fsp3) is 0.259. The number of hydrogen-bond donors (Lipinski definition) is 2. The minimum atomic E-state index is -0.264. The van der Waals surface area contributed by atoms with E-state index in [1.165, 1.54) is 5.56 Å². The first-order valence-corrected chi connectivity index (χ1v) is 11.2. The molecule has 0 aromatic heterocycles. The molecule has 2 amide bonds. The lowest BCUT2D eigenvalue weighted by Crippen LogP contribution is -2.43. The monoisotopic (exact) mass is 443 g/mol. The highest BCUT2D eigenvalue weighted by molar-refractivity contribution is 6.10. The van der Waals surface area contributed by atoms with E-state index in [1.807, 2.05) is 49.4 Å². The first-order chi connectivity index (χ1) is 16.1. The van der Waals surface area contributed by atoms with Crippen molar-refractivity contribution in [1.29, 1.82) is 0 Å². The second-order valence-corrected chi connectivity index (χ2v) is 8.34. The number of benzene rings is 3. The summed E-state index contributed by atoms with van der Waals surface area (Å²) in [6, 6.07) is 24.9. The zero-order chi connectivity index (χ0) is 23.0. The summed E-state index contributed by atoms with van der Waals surface area (Å²) in [5.74, 6) is -0.434. The van der Waals surface area contributed by atoms with Crippen LogP contribution in [0.1, 0.15) is 27.9 Å². The van der Waals surface area contributed by atoms with Crippen molar-refractivity contribution in [1.82, 2.24) is 4.90 Å². The Balaban J connectivity index is 1.35. The normalized spacial score (nSPS) is 16.2. The molecule has 1 atom stereocenters. The first-order valence-electron chi connectivity index (χ1n) is 11.2. The highest BCUT2D eigenvalue weighted by atomic mass is 16.5. The molecular weight excluding hydrogens is 414 g/mol. The maximum absolute atomic E-state index is 12.8. The number of anilines is 2. The molecule has 0 radical (unpaired) electrons. The summed E-state index contributed by atoms with van der Waals surface area (Å²) in [5.41, 5.74) is 3.93. The van der Waals surface area contributed by atoms with Crippen molar-refractivity contribution in [3.8, 4) is 0 Å². The van der Waals surface area contributed by atoms with Crippen LogP contribution in [0.25, 0.3) is 0 Å². The standard InChI is InChI=1S/C27H29N3O3/c1-20-8-7-11-22(16-20)28-27(32)24-12-5-6-13-25(24)29-26(31)17-23-19-30(14-15-33-23)18-21-9-3-2-4-10-21/h2-13,16,23H,14-15,17-19H2,1H3,(H,28,32)(H,29,31). The topological polar surface area (TPSA) is 70.7 Å². The maximum atomic E-state index is 12.8. The third-order valence-corrected chi connectivity index (χ3v) is 5.61. The third kappa shape index (κ3) is 6.51. The molecule has 1 unspecified atom stereocenters. The molecule has 0 bridgehead atoms. The van der Waals surface area contributed by atoms with Crippen LogP contribution >= 0.6 is 0 Å². The number of rotatable bonds is 7. The molecule has 1 heterocycles. The van der Waals surface area contributed by atoms with Gasteiger partial charge in [-0.15, -0.1) is 0 Å². The van der Waals surface area contributed by atoms with Crippen molar-refractivity contribution >= 4 is 23.2 Å². The number of hydrogen-bond acceptors (Lipinski definition) is 4. The van der Waals surface area contributed by atoms with Gasteiger partial charge < -0.3 is 15.4 Å². The smallest absolute Gasteiger partial charge is 0.257 e. The van der Waals surface area contributed by atoms with Crippen LogP contribution in [0.2, 0.25) is 0 Å². The molecule has 33 heavy (non-hydrogen) atoms. The molecular formula is C27H29N3O3. The van der Waals surface area contributed by atoms with Gasteiger partial charge in [-0.2, -0.15) is 0 Å². The Hall–Kier alpha value is -3.48. The zero-order valence-electron chi connectivity index (χ0n) is 18.8. The summed E-state index contributed by atoms with van der Waals surface area (Å²) in [6.45, 7) is 4.94. The lowest BCUT2D eigenvalue weighted by Gasteiger charge is -2.32. The van der Waals surface area contributed by atoms with Gasteiger partial charge in [0.05, 0.1) is 30.4 Å². The maximum Gasteiger partial charge on any atom is 0.257 e. The SMILES string of the molecule is Cc1cccc(NC(=O)c2ccccc2NC(=O)CC2CN(Cc3ccccc3)CCO2)c1. The number of carbonyl (C=O) groups excluding carboxylic acids is 2. The molecule has 3 aromatic rings. The quantitative estimate of drug-likeness (QED) is 0.565. The van der Waals surface area contributed by atoms with Gasteiger partial charge in [0.1, 0.15) is 0 Å². The van der Waals surface area contributed by atoms with Crippen molar-refractivity contribution < 1.29 is 14.3 Å². The minimum Gasteiger partial charge on any atom is -0.375 e. The predicted octanol–water partition coefficient (Wildman–Crippen LogP) is 4.48. The highest BCUT2D eigenvalue weighted by Crippen LogP contribution is 2.19. The van der Waals surface area contributed by atoms with E-state index in [4.69, 9.17) is 4.74 Å². The third-order valence-electron chi connectivity index (χ3n) is 5.61. The van der Waals surface area contributed by atoms with Gasteiger partial charge in [0.2, 0.25) is 5.91 Å². The van der Waals surface area contributed by atoms with Gasteiger partial charge in [0.15, 0.2) is 0 Å². The van der Waals surface area contributed by atoms with Crippen molar-refractivity contribution in [3.05, 3.63) is 95.6 Å². The summed E-state index contributed by atoms with van der Waals surface area (Å²) in [4.78, 5) is 27.9. The summed E-state index contributed by atoms with van der Waals surface area (Å²) in [6.07, 6.45) is 0.0507. The number of amides is 2. The summed E-state index contributed by atoms with van der Waals surface area (Å²) < 4.78 is 5.84. The molecule has 1 saturated heterocycles. The number of nitrogens with one attached hydrogen (secondary N) is 2. The molecule has 6 heteroatoms. The van der Waals surface area contributed by atoms with E-state index in [1.54, 1.807) is 24.3 Å². The van der Waals surface area contributed by atoms with E-state index in [9.17, 15) is 9.59 Å². The number of para-hydroxylation sites is 1. The van der Waals surface area contributed by atoms with Gasteiger partial charge in [0, 0.05) is 25.3 Å². The summed E-state index contributed by atoms with van der Waals surface area (Å²) in [7, 11) is 0. The van der Waals surface area contributed by atoms with Crippen molar-refractivity contribution in [2.75, 3.05) is 30.3 Å². The fourth-order valence-corrected chi connectivity index (χ4v) is 4.01. The largest absolute Gasteiger partial charge is 0.375 e. The van der Waals surface area contributed by atoms with Crippen molar-refractivity contribution in [3.63, 3.8) is 0 Å². The second-order valence-electron chi connectivity index (χ2n) is 8.34. The van der Waals surface area contributed by atoms with Gasteiger partial charge in [0.25, 0.3) is 5.91 Å². The number of morpholine rings is 1. The average Bonchev–Trinajstić information content (AvgIpc) is 2.80. The van der Waals surface area contributed by atoms with E-state index in [0.29, 0.717) is 24.4 Å². The van der Waals surface area contributed by atoms with Crippen LogP contribution in [-0.4, -0.2) is 42.5 Å². The van der Waals surface area contributed by atoms with Crippen LogP contribution in [0.5, 0.6) is 0 Å². The van der Waals surface area contributed by atoms with E-state index in [2.05, 4.69) is 27.7 Å². The molecule has 2 N–H and O–H groups in total. The van der Waals surface area contributed by atoms with E-state index in [0.717, 1.165) is 24.3 Å².